The molecule has 0 atom stereocenters. The van der Waals surface area contributed by atoms with Crippen LogP contribution in [0.2, 0.25) is 0 Å². The second-order valence-corrected chi connectivity index (χ2v) is 7.86. The van der Waals surface area contributed by atoms with Crippen molar-refractivity contribution in [3.63, 3.8) is 0 Å². The zero-order chi connectivity index (χ0) is 19.2. The summed E-state index contributed by atoms with van der Waals surface area (Å²) < 4.78 is 8.14. The van der Waals surface area contributed by atoms with Gasteiger partial charge in [-0.1, -0.05) is 23.9 Å². The number of benzene rings is 1. The third kappa shape index (κ3) is 5.06. The van der Waals surface area contributed by atoms with E-state index in [-0.39, 0.29) is 17.5 Å². The maximum atomic E-state index is 12.3. The third-order valence-corrected chi connectivity index (χ3v) is 5.81. The molecule has 142 valence electrons. The molecule has 0 fully saturated rings. The molecule has 1 amide bonds. The second kappa shape index (κ2) is 8.98. The number of nitrogens with zero attached hydrogens (tertiary/aromatic N) is 2. The third-order valence-electron chi connectivity index (χ3n) is 3.63. The molecular formula is C17H18N4O4S2. The Balaban J connectivity index is 1.67. The molecule has 2 aromatic heterocycles. The first-order valence-electron chi connectivity index (χ1n) is 8.18. The lowest BCUT2D eigenvalue weighted by molar-refractivity contribution is -0.113. The number of amides is 1. The number of rotatable bonds is 8. The van der Waals surface area contributed by atoms with Gasteiger partial charge in [0.15, 0.2) is 4.34 Å². The fraction of sp³-hybridized carbons (Fsp3) is 0.294. The number of nitrogens with one attached hydrogen (secondary N) is 2. The Hall–Kier alpha value is -2.43. The summed E-state index contributed by atoms with van der Waals surface area (Å²) in [5.74, 6) is -0.0155. The highest BCUT2D eigenvalue weighted by molar-refractivity contribution is 8.01. The lowest BCUT2D eigenvalue weighted by Crippen LogP contribution is -2.33. The average molecular weight is 406 g/mol. The first-order chi connectivity index (χ1) is 13.1. The molecule has 0 saturated carbocycles. The largest absolute Gasteiger partial charge is 0.385 e. The van der Waals surface area contributed by atoms with Crippen LogP contribution in [-0.2, 0) is 16.1 Å². The van der Waals surface area contributed by atoms with Crippen LogP contribution in [0.1, 0.15) is 6.42 Å². The number of para-hydroxylation sites is 1. The molecule has 8 nitrogen and oxygen atoms in total. The fourth-order valence-corrected chi connectivity index (χ4v) is 4.30. The standard InChI is InChI=1S/C17H18N4O4S2/c1-25-8-4-7-21-13(9-14(22)20-16(21)24)19-15(23)10-26-17-18-11-5-2-3-6-12(11)27-17/h2-3,5-6,9H,4,7-8,10H2,1H3,(H,19,23)(H,20,22,24). The summed E-state index contributed by atoms with van der Waals surface area (Å²) in [7, 11) is 1.57. The van der Waals surface area contributed by atoms with Crippen molar-refractivity contribution in [3.8, 4) is 0 Å². The maximum Gasteiger partial charge on any atom is 0.329 e. The van der Waals surface area contributed by atoms with Crippen LogP contribution in [0.3, 0.4) is 0 Å². The van der Waals surface area contributed by atoms with E-state index in [9.17, 15) is 14.4 Å². The van der Waals surface area contributed by atoms with Crippen LogP contribution in [0.15, 0.2) is 44.3 Å². The van der Waals surface area contributed by atoms with Gasteiger partial charge in [-0.2, -0.15) is 0 Å². The predicted molar refractivity (Wildman–Crippen MR) is 107 cm³/mol. The summed E-state index contributed by atoms with van der Waals surface area (Å²) >= 11 is 2.83. The van der Waals surface area contributed by atoms with Gasteiger partial charge in [-0.05, 0) is 18.6 Å². The topological polar surface area (TPSA) is 106 Å². The number of thiazole rings is 1. The Labute approximate surface area is 162 Å². The van der Waals surface area contributed by atoms with Crippen LogP contribution >= 0.6 is 23.1 Å². The number of H-pyrrole nitrogens is 1. The van der Waals surface area contributed by atoms with Crippen molar-refractivity contribution in [1.82, 2.24) is 14.5 Å². The highest BCUT2D eigenvalue weighted by Crippen LogP contribution is 2.29. The van der Waals surface area contributed by atoms with E-state index in [4.69, 9.17) is 4.74 Å². The monoisotopic (exact) mass is 406 g/mol. The van der Waals surface area contributed by atoms with E-state index < -0.39 is 11.2 Å². The van der Waals surface area contributed by atoms with Crippen LogP contribution in [0.5, 0.6) is 0 Å². The molecule has 0 unspecified atom stereocenters. The van der Waals surface area contributed by atoms with Crippen LogP contribution in [0.4, 0.5) is 5.82 Å². The van der Waals surface area contributed by atoms with Crippen molar-refractivity contribution in [2.75, 3.05) is 24.8 Å². The van der Waals surface area contributed by atoms with Gasteiger partial charge in [0.2, 0.25) is 5.91 Å². The Morgan fingerprint density at radius 1 is 1.37 bits per heavy atom. The predicted octanol–water partition coefficient (Wildman–Crippen LogP) is 1.91. The van der Waals surface area contributed by atoms with Gasteiger partial charge in [0, 0.05) is 26.3 Å². The minimum Gasteiger partial charge on any atom is -0.385 e. The van der Waals surface area contributed by atoms with E-state index in [2.05, 4.69) is 15.3 Å². The molecule has 3 aromatic rings. The summed E-state index contributed by atoms with van der Waals surface area (Å²) in [5, 5.41) is 2.64. The van der Waals surface area contributed by atoms with Gasteiger partial charge in [-0.25, -0.2) is 9.78 Å². The smallest absolute Gasteiger partial charge is 0.329 e. The lowest BCUT2D eigenvalue weighted by Gasteiger charge is -2.12. The summed E-state index contributed by atoms with van der Waals surface area (Å²) in [5.41, 5.74) is -0.225. The number of ether oxygens (including phenoxy) is 1. The molecule has 2 heterocycles. The molecule has 0 radical (unpaired) electrons. The number of hydrogen-bond donors (Lipinski definition) is 2. The molecule has 10 heteroatoms. The van der Waals surface area contributed by atoms with E-state index in [0.29, 0.717) is 19.6 Å². The van der Waals surface area contributed by atoms with Gasteiger partial charge in [0.1, 0.15) is 5.82 Å². The molecule has 3 rings (SSSR count). The fourth-order valence-electron chi connectivity index (χ4n) is 2.43. The molecule has 0 aliphatic carbocycles. The van der Waals surface area contributed by atoms with Crippen molar-refractivity contribution in [3.05, 3.63) is 51.2 Å². The maximum absolute atomic E-state index is 12.3. The highest BCUT2D eigenvalue weighted by Gasteiger charge is 2.12. The van der Waals surface area contributed by atoms with Gasteiger partial charge in [0.05, 0.1) is 16.0 Å². The van der Waals surface area contributed by atoms with Crippen molar-refractivity contribution >= 4 is 45.0 Å². The number of thioether (sulfide) groups is 1. The highest BCUT2D eigenvalue weighted by atomic mass is 32.2. The van der Waals surface area contributed by atoms with Gasteiger partial charge < -0.3 is 10.1 Å². The van der Waals surface area contributed by atoms with Crippen molar-refractivity contribution in [2.45, 2.75) is 17.3 Å². The zero-order valence-corrected chi connectivity index (χ0v) is 16.2. The van der Waals surface area contributed by atoms with E-state index >= 15 is 0 Å². The van der Waals surface area contributed by atoms with Crippen LogP contribution < -0.4 is 16.6 Å². The molecule has 27 heavy (non-hydrogen) atoms. The number of hydrogen-bond acceptors (Lipinski definition) is 7. The number of aromatic amines is 1. The number of aromatic nitrogens is 3. The van der Waals surface area contributed by atoms with E-state index in [1.165, 1.54) is 33.7 Å². The Morgan fingerprint density at radius 2 is 2.19 bits per heavy atom. The van der Waals surface area contributed by atoms with Crippen LogP contribution in [-0.4, -0.2) is 39.9 Å². The van der Waals surface area contributed by atoms with Gasteiger partial charge >= 0.3 is 5.69 Å². The summed E-state index contributed by atoms with van der Waals surface area (Å²) in [4.78, 5) is 42.6. The van der Waals surface area contributed by atoms with Crippen LogP contribution in [0.25, 0.3) is 10.2 Å². The molecule has 2 N–H and O–H groups in total. The van der Waals surface area contributed by atoms with E-state index in [1.807, 2.05) is 24.3 Å². The zero-order valence-electron chi connectivity index (χ0n) is 14.6. The molecule has 0 bridgehead atoms. The first kappa shape index (κ1) is 19.3. The van der Waals surface area contributed by atoms with Crippen molar-refractivity contribution in [1.29, 1.82) is 0 Å². The first-order valence-corrected chi connectivity index (χ1v) is 9.98. The number of methoxy groups -OCH3 is 1. The summed E-state index contributed by atoms with van der Waals surface area (Å²) in [6.07, 6.45) is 0.575. The minimum atomic E-state index is -0.562. The SMILES string of the molecule is COCCCn1c(NC(=O)CSc2nc3ccccc3s2)cc(=O)[nH]c1=O. The van der Waals surface area contributed by atoms with Gasteiger partial charge in [-0.15, -0.1) is 11.3 Å². The Bertz CT molecular complexity index is 1020. The number of anilines is 1. The quantitative estimate of drug-likeness (QED) is 0.437. The molecule has 0 aliphatic rings. The summed E-state index contributed by atoms with van der Waals surface area (Å²) in [6, 6.07) is 8.96. The lowest BCUT2D eigenvalue weighted by atomic mass is 10.3. The van der Waals surface area contributed by atoms with Crippen molar-refractivity contribution in [2.24, 2.45) is 0 Å². The number of carbonyl (C=O) groups excluding carboxylic acids is 1. The number of carbonyl (C=O) groups is 1. The Morgan fingerprint density at radius 3 is 2.96 bits per heavy atom. The molecule has 0 aliphatic heterocycles. The van der Waals surface area contributed by atoms with Gasteiger partial charge in [-0.3, -0.25) is 19.1 Å². The molecule has 1 aromatic carbocycles. The van der Waals surface area contributed by atoms with Crippen molar-refractivity contribution < 1.29 is 9.53 Å². The summed E-state index contributed by atoms with van der Waals surface area (Å²) in [6.45, 7) is 0.788. The normalized spacial score (nSPS) is 11.0. The minimum absolute atomic E-state index is 0.124. The second-order valence-electron chi connectivity index (χ2n) is 5.61. The molecular weight excluding hydrogens is 388 g/mol. The Kier molecular flexibility index (Phi) is 6.43. The molecule has 0 saturated heterocycles. The average Bonchev–Trinajstić information content (AvgIpc) is 3.05. The molecule has 0 spiro atoms. The number of fused-ring (bicyclic) bond motifs is 1. The van der Waals surface area contributed by atoms with E-state index in [1.54, 1.807) is 7.11 Å². The van der Waals surface area contributed by atoms with E-state index in [0.717, 1.165) is 14.6 Å². The van der Waals surface area contributed by atoms with Gasteiger partial charge in [0.25, 0.3) is 5.56 Å². The van der Waals surface area contributed by atoms with Crippen LogP contribution in [0, 0.1) is 0 Å².